The van der Waals surface area contributed by atoms with Gasteiger partial charge in [-0.1, -0.05) is 17.7 Å². The van der Waals surface area contributed by atoms with Gasteiger partial charge in [0.1, 0.15) is 5.41 Å². The zero-order chi connectivity index (χ0) is 19.6. The molecule has 0 atom stereocenters. The zero-order valence-electron chi connectivity index (χ0n) is 16.0. The summed E-state index contributed by atoms with van der Waals surface area (Å²) in [6.45, 7) is 3.93. The van der Waals surface area contributed by atoms with Gasteiger partial charge in [0.15, 0.2) is 11.5 Å². The third kappa shape index (κ3) is 3.74. The van der Waals surface area contributed by atoms with Crippen LogP contribution in [0.3, 0.4) is 0 Å². The van der Waals surface area contributed by atoms with Gasteiger partial charge in [0.25, 0.3) is 0 Å². The second-order valence-electron chi connectivity index (χ2n) is 6.88. The lowest BCUT2D eigenvalue weighted by molar-refractivity contribution is -0.131. The van der Waals surface area contributed by atoms with E-state index in [1.807, 2.05) is 32.0 Å². The van der Waals surface area contributed by atoms with Crippen LogP contribution in [-0.2, 0) is 9.59 Å². The first-order valence-electron chi connectivity index (χ1n) is 8.82. The number of carbonyl (C=O) groups excluding carboxylic acids is 2. The SMILES string of the molecule is COc1ccc(NC(=O)C2(C(=O)Nc3ccc(C)cc3C)CC2)cc1OC. The van der Waals surface area contributed by atoms with Gasteiger partial charge in [0.2, 0.25) is 11.8 Å². The third-order valence-corrected chi connectivity index (χ3v) is 4.89. The molecule has 27 heavy (non-hydrogen) atoms. The Balaban J connectivity index is 1.73. The Labute approximate surface area is 158 Å². The summed E-state index contributed by atoms with van der Waals surface area (Å²) in [5, 5.41) is 5.73. The lowest BCUT2D eigenvalue weighted by atomic mass is 10.0. The van der Waals surface area contributed by atoms with Gasteiger partial charge in [-0.25, -0.2) is 0 Å². The number of carbonyl (C=O) groups is 2. The Bertz CT molecular complexity index is 888. The fraction of sp³-hybridized carbons (Fsp3) is 0.333. The molecule has 0 bridgehead atoms. The van der Waals surface area contributed by atoms with Crippen molar-refractivity contribution in [3.05, 3.63) is 47.5 Å². The normalized spacial score (nSPS) is 14.2. The maximum absolute atomic E-state index is 12.8. The number of rotatable bonds is 6. The van der Waals surface area contributed by atoms with Crippen LogP contribution >= 0.6 is 0 Å². The van der Waals surface area contributed by atoms with Crippen molar-refractivity contribution in [2.75, 3.05) is 24.9 Å². The first-order chi connectivity index (χ1) is 12.9. The van der Waals surface area contributed by atoms with Crippen molar-refractivity contribution < 1.29 is 19.1 Å². The van der Waals surface area contributed by atoms with E-state index in [0.717, 1.165) is 16.8 Å². The van der Waals surface area contributed by atoms with Crippen LogP contribution in [0.5, 0.6) is 11.5 Å². The highest BCUT2D eigenvalue weighted by molar-refractivity contribution is 6.17. The number of hydrogen-bond acceptors (Lipinski definition) is 4. The summed E-state index contributed by atoms with van der Waals surface area (Å²) >= 11 is 0. The number of aryl methyl sites for hydroxylation is 2. The van der Waals surface area contributed by atoms with Crippen molar-refractivity contribution in [2.45, 2.75) is 26.7 Å². The molecule has 3 rings (SSSR count). The van der Waals surface area contributed by atoms with Gasteiger partial charge in [-0.05, 0) is 50.5 Å². The van der Waals surface area contributed by atoms with E-state index in [4.69, 9.17) is 9.47 Å². The first-order valence-corrected chi connectivity index (χ1v) is 8.82. The number of anilines is 2. The first kappa shape index (κ1) is 18.8. The summed E-state index contributed by atoms with van der Waals surface area (Å²) in [4.78, 5) is 25.5. The van der Waals surface area contributed by atoms with Crippen LogP contribution < -0.4 is 20.1 Å². The van der Waals surface area contributed by atoms with E-state index in [-0.39, 0.29) is 11.8 Å². The molecule has 0 unspecified atom stereocenters. The van der Waals surface area contributed by atoms with Gasteiger partial charge in [0, 0.05) is 17.4 Å². The van der Waals surface area contributed by atoms with Crippen LogP contribution in [0.1, 0.15) is 24.0 Å². The fourth-order valence-electron chi connectivity index (χ4n) is 3.04. The highest BCUT2D eigenvalue weighted by Gasteiger charge is 2.56. The van der Waals surface area contributed by atoms with Gasteiger partial charge in [-0.2, -0.15) is 0 Å². The van der Waals surface area contributed by atoms with Crippen LogP contribution in [0.4, 0.5) is 11.4 Å². The molecule has 0 aromatic heterocycles. The molecule has 0 aliphatic heterocycles. The molecule has 6 nitrogen and oxygen atoms in total. The minimum Gasteiger partial charge on any atom is -0.493 e. The maximum Gasteiger partial charge on any atom is 0.240 e. The van der Waals surface area contributed by atoms with Gasteiger partial charge < -0.3 is 20.1 Å². The molecule has 2 aromatic carbocycles. The van der Waals surface area contributed by atoms with E-state index >= 15 is 0 Å². The molecule has 0 spiro atoms. The standard InChI is InChI=1S/C21H24N2O4/c1-13-5-7-16(14(2)11-13)23-20(25)21(9-10-21)19(24)22-15-6-8-17(26-3)18(12-15)27-4/h5-8,11-12H,9-10H2,1-4H3,(H,22,24)(H,23,25). The molecule has 1 aliphatic rings. The van der Waals surface area contributed by atoms with Gasteiger partial charge in [-0.3, -0.25) is 9.59 Å². The lowest BCUT2D eigenvalue weighted by Gasteiger charge is -2.17. The van der Waals surface area contributed by atoms with E-state index in [1.54, 1.807) is 25.3 Å². The van der Waals surface area contributed by atoms with Crippen molar-refractivity contribution in [3.8, 4) is 11.5 Å². The van der Waals surface area contributed by atoms with Gasteiger partial charge in [-0.15, -0.1) is 0 Å². The Morgan fingerprint density at radius 1 is 0.889 bits per heavy atom. The molecule has 2 aromatic rings. The summed E-state index contributed by atoms with van der Waals surface area (Å²) < 4.78 is 10.5. The minimum atomic E-state index is -1.02. The summed E-state index contributed by atoms with van der Waals surface area (Å²) in [6.07, 6.45) is 1.06. The summed E-state index contributed by atoms with van der Waals surface area (Å²) in [7, 11) is 3.08. The molecular formula is C21H24N2O4. The summed E-state index contributed by atoms with van der Waals surface area (Å²) in [5.74, 6) is 0.508. The topological polar surface area (TPSA) is 76.7 Å². The number of amides is 2. The molecule has 6 heteroatoms. The number of ether oxygens (including phenoxy) is 2. The second-order valence-corrected chi connectivity index (χ2v) is 6.88. The van der Waals surface area contributed by atoms with Crippen molar-refractivity contribution in [2.24, 2.45) is 5.41 Å². The zero-order valence-corrected chi connectivity index (χ0v) is 16.0. The van der Waals surface area contributed by atoms with Crippen LogP contribution in [0.2, 0.25) is 0 Å². The average Bonchev–Trinajstić information content (AvgIpc) is 3.46. The predicted molar refractivity (Wildman–Crippen MR) is 104 cm³/mol. The van der Waals surface area contributed by atoms with E-state index in [1.165, 1.54) is 7.11 Å². The molecule has 0 saturated heterocycles. The molecular weight excluding hydrogens is 344 g/mol. The van der Waals surface area contributed by atoms with Crippen LogP contribution in [-0.4, -0.2) is 26.0 Å². The minimum absolute atomic E-state index is 0.271. The van der Waals surface area contributed by atoms with Gasteiger partial charge >= 0.3 is 0 Å². The molecule has 1 saturated carbocycles. The molecule has 0 heterocycles. The smallest absolute Gasteiger partial charge is 0.240 e. The van der Waals surface area contributed by atoms with Crippen molar-refractivity contribution in [1.82, 2.24) is 0 Å². The molecule has 0 radical (unpaired) electrons. The third-order valence-electron chi connectivity index (χ3n) is 4.89. The van der Waals surface area contributed by atoms with Crippen molar-refractivity contribution in [1.29, 1.82) is 0 Å². The quantitative estimate of drug-likeness (QED) is 0.763. The maximum atomic E-state index is 12.8. The number of methoxy groups -OCH3 is 2. The largest absolute Gasteiger partial charge is 0.493 e. The molecule has 1 fully saturated rings. The van der Waals surface area contributed by atoms with Crippen molar-refractivity contribution in [3.63, 3.8) is 0 Å². The van der Waals surface area contributed by atoms with Crippen LogP contribution in [0.15, 0.2) is 36.4 Å². The number of hydrogen-bond donors (Lipinski definition) is 2. The fourth-order valence-corrected chi connectivity index (χ4v) is 3.04. The molecule has 1 aliphatic carbocycles. The molecule has 2 N–H and O–H groups in total. The number of benzene rings is 2. The molecule has 142 valence electrons. The van der Waals surface area contributed by atoms with E-state index in [9.17, 15) is 9.59 Å². The van der Waals surface area contributed by atoms with E-state index in [2.05, 4.69) is 10.6 Å². The Morgan fingerprint density at radius 2 is 1.56 bits per heavy atom. The van der Waals surface area contributed by atoms with E-state index < -0.39 is 5.41 Å². The van der Waals surface area contributed by atoms with Crippen LogP contribution in [0.25, 0.3) is 0 Å². The monoisotopic (exact) mass is 368 g/mol. The Kier molecular flexibility index (Phi) is 5.08. The second kappa shape index (κ2) is 7.31. The summed E-state index contributed by atoms with van der Waals surface area (Å²) in [5.41, 5.74) is 2.36. The Morgan fingerprint density at radius 3 is 2.15 bits per heavy atom. The van der Waals surface area contributed by atoms with Crippen molar-refractivity contribution >= 4 is 23.2 Å². The highest BCUT2D eigenvalue weighted by Crippen LogP contribution is 2.48. The van der Waals surface area contributed by atoms with E-state index in [0.29, 0.717) is 30.0 Å². The summed E-state index contributed by atoms with van der Waals surface area (Å²) in [6, 6.07) is 10.9. The van der Waals surface area contributed by atoms with Crippen LogP contribution in [0, 0.1) is 19.3 Å². The molecule has 2 amide bonds. The number of nitrogens with one attached hydrogen (secondary N) is 2. The Hall–Kier alpha value is -3.02. The predicted octanol–water partition coefficient (Wildman–Crippen LogP) is 3.68. The highest BCUT2D eigenvalue weighted by atomic mass is 16.5. The lowest BCUT2D eigenvalue weighted by Crippen LogP contribution is -2.35. The average molecular weight is 368 g/mol. The van der Waals surface area contributed by atoms with Gasteiger partial charge in [0.05, 0.1) is 14.2 Å².